The van der Waals surface area contributed by atoms with Crippen molar-refractivity contribution in [3.8, 4) is 0 Å². The SMILES string of the molecule is CC1=C2CCCC2=[N+](C)C(=S)C1C.O=S(=O)([O-])[O-].[H+]. The fraction of sp³-hybridized carbons (Fsp3) is 0.636. The minimum atomic E-state index is -5.17. The highest BCUT2D eigenvalue weighted by molar-refractivity contribution is 7.80. The molecule has 0 amide bonds. The molecule has 1 atom stereocenters. The van der Waals surface area contributed by atoms with Crippen LogP contribution >= 0.6 is 12.2 Å². The maximum Gasteiger partial charge on any atom is 1.00 e. The van der Waals surface area contributed by atoms with Crippen LogP contribution in [0.4, 0.5) is 0 Å². The van der Waals surface area contributed by atoms with Crippen molar-refractivity contribution in [2.24, 2.45) is 5.92 Å². The molecule has 0 aromatic carbocycles. The van der Waals surface area contributed by atoms with Crippen LogP contribution < -0.4 is 0 Å². The van der Waals surface area contributed by atoms with E-state index in [-0.39, 0.29) is 1.43 Å². The monoisotopic (exact) mass is 291 g/mol. The van der Waals surface area contributed by atoms with Gasteiger partial charge in [-0.1, -0.05) is 0 Å². The van der Waals surface area contributed by atoms with Gasteiger partial charge in [0.25, 0.3) is 4.99 Å². The van der Waals surface area contributed by atoms with E-state index in [2.05, 4.69) is 25.5 Å². The average Bonchev–Trinajstić information content (AvgIpc) is 2.70. The topological polar surface area (TPSA) is 83.3 Å². The summed E-state index contributed by atoms with van der Waals surface area (Å²) in [7, 11) is -3.05. The fourth-order valence-electron chi connectivity index (χ4n) is 2.39. The Kier molecular flexibility index (Phi) is 4.77. The molecule has 0 bridgehead atoms. The second-order valence-corrected chi connectivity index (χ2v) is 5.72. The van der Waals surface area contributed by atoms with Crippen molar-refractivity contribution in [3.63, 3.8) is 0 Å². The van der Waals surface area contributed by atoms with Crippen molar-refractivity contribution >= 4 is 33.3 Å². The van der Waals surface area contributed by atoms with Crippen molar-refractivity contribution in [2.45, 2.75) is 33.1 Å². The summed E-state index contributed by atoms with van der Waals surface area (Å²) < 4.78 is 36.3. The van der Waals surface area contributed by atoms with Crippen LogP contribution in [0.25, 0.3) is 0 Å². The van der Waals surface area contributed by atoms with Crippen LogP contribution in [-0.4, -0.2) is 39.8 Å². The smallest absolute Gasteiger partial charge is 0.759 e. The highest BCUT2D eigenvalue weighted by Gasteiger charge is 2.35. The van der Waals surface area contributed by atoms with Gasteiger partial charge in [-0.25, -0.2) is 0 Å². The third kappa shape index (κ3) is 3.68. The number of rotatable bonds is 0. The van der Waals surface area contributed by atoms with Crippen molar-refractivity contribution in [1.29, 1.82) is 0 Å². The first-order chi connectivity index (χ1) is 8.13. The Hall–Kier alpha value is -0.630. The minimum absolute atomic E-state index is 0. The van der Waals surface area contributed by atoms with Crippen molar-refractivity contribution in [3.05, 3.63) is 11.1 Å². The molecule has 1 saturated carbocycles. The molecule has 0 saturated heterocycles. The van der Waals surface area contributed by atoms with E-state index in [1.54, 1.807) is 5.57 Å². The third-order valence-corrected chi connectivity index (χ3v) is 4.05. The first kappa shape index (κ1) is 15.4. The van der Waals surface area contributed by atoms with E-state index >= 15 is 0 Å². The highest BCUT2D eigenvalue weighted by atomic mass is 32.3. The van der Waals surface area contributed by atoms with Gasteiger partial charge < -0.3 is 9.11 Å². The Morgan fingerprint density at radius 1 is 1.39 bits per heavy atom. The van der Waals surface area contributed by atoms with Crippen LogP contribution in [0.15, 0.2) is 11.1 Å². The molecule has 1 heterocycles. The maximum absolute atomic E-state index is 8.52. The van der Waals surface area contributed by atoms with Gasteiger partial charge in [-0.2, -0.15) is 4.58 Å². The second-order valence-electron chi connectivity index (χ2n) is 4.49. The van der Waals surface area contributed by atoms with E-state index < -0.39 is 10.4 Å². The Labute approximate surface area is 114 Å². The van der Waals surface area contributed by atoms with Crippen molar-refractivity contribution in [2.75, 3.05) is 7.05 Å². The Morgan fingerprint density at radius 2 is 1.89 bits per heavy atom. The lowest BCUT2D eigenvalue weighted by atomic mass is 9.92. The molecule has 2 aliphatic rings. The van der Waals surface area contributed by atoms with Crippen LogP contribution in [0.2, 0.25) is 0 Å². The van der Waals surface area contributed by atoms with Crippen LogP contribution in [-0.2, 0) is 10.4 Å². The van der Waals surface area contributed by atoms with Gasteiger partial charge in [0.2, 0.25) is 0 Å². The largest absolute Gasteiger partial charge is 1.00 e. The summed E-state index contributed by atoms with van der Waals surface area (Å²) in [4.78, 5) is 1.10. The van der Waals surface area contributed by atoms with E-state index in [0.29, 0.717) is 5.92 Å². The van der Waals surface area contributed by atoms with Crippen LogP contribution in [0.1, 0.15) is 34.5 Å². The first-order valence-electron chi connectivity index (χ1n) is 5.63. The zero-order valence-electron chi connectivity index (χ0n) is 11.6. The normalized spacial score (nSPS) is 23.8. The van der Waals surface area contributed by atoms with Gasteiger partial charge in [0, 0.05) is 22.4 Å². The van der Waals surface area contributed by atoms with Gasteiger partial charge in [-0.15, -0.1) is 0 Å². The molecule has 7 heteroatoms. The quantitative estimate of drug-likeness (QED) is 0.291. The minimum Gasteiger partial charge on any atom is -0.759 e. The lowest BCUT2D eigenvalue weighted by Crippen LogP contribution is -2.32. The summed E-state index contributed by atoms with van der Waals surface area (Å²) in [6.45, 7) is 4.46. The number of nitrogens with zero attached hydrogens (tertiary/aromatic N) is 1. The highest BCUT2D eigenvalue weighted by Crippen LogP contribution is 2.32. The summed E-state index contributed by atoms with van der Waals surface area (Å²) in [5.41, 5.74) is 4.58. The van der Waals surface area contributed by atoms with E-state index in [0.717, 1.165) is 4.99 Å². The van der Waals surface area contributed by atoms with Gasteiger partial charge in [0.1, 0.15) is 7.05 Å². The summed E-state index contributed by atoms with van der Waals surface area (Å²) in [6, 6.07) is 0. The van der Waals surface area contributed by atoms with E-state index in [4.69, 9.17) is 29.7 Å². The zero-order valence-corrected chi connectivity index (χ0v) is 12.2. The molecule has 0 aromatic rings. The second kappa shape index (κ2) is 5.56. The number of thiocarbonyl (C=S) groups is 1. The van der Waals surface area contributed by atoms with Crippen molar-refractivity contribution < 1.29 is 23.5 Å². The van der Waals surface area contributed by atoms with E-state index in [9.17, 15) is 0 Å². The molecule has 102 valence electrons. The standard InChI is InChI=1S/C11H16NS.H2O4S/c1-7-8(2)11(13)12(3)10-6-4-5-9(7)10;1-5(2,3)4/h8H,4-6H2,1-3H3;(H2,1,2,3,4)/q+1;/p-1. The molecule has 1 aliphatic carbocycles. The summed E-state index contributed by atoms with van der Waals surface area (Å²) in [5, 5.41) is 0. The predicted octanol–water partition coefficient (Wildman–Crippen LogP) is 1.32. The van der Waals surface area contributed by atoms with Crippen LogP contribution in [0, 0.1) is 5.92 Å². The summed E-state index contributed by atoms with van der Waals surface area (Å²) in [5.74, 6) is 0.469. The van der Waals surface area contributed by atoms with E-state index in [1.165, 1.54) is 30.5 Å². The lowest BCUT2D eigenvalue weighted by Gasteiger charge is -2.19. The van der Waals surface area contributed by atoms with Crippen LogP contribution in [0.5, 0.6) is 0 Å². The Morgan fingerprint density at radius 3 is 2.39 bits per heavy atom. The predicted molar refractivity (Wildman–Crippen MR) is 71.1 cm³/mol. The zero-order chi connectivity index (χ0) is 14.1. The molecule has 1 aliphatic heterocycles. The molecular weight excluding hydrogens is 274 g/mol. The molecule has 1 fully saturated rings. The molecule has 18 heavy (non-hydrogen) atoms. The molecule has 0 N–H and O–H groups in total. The lowest BCUT2D eigenvalue weighted by molar-refractivity contribution is -0.373. The number of hydrogen-bond donors (Lipinski definition) is 0. The molecule has 5 nitrogen and oxygen atoms in total. The number of hydrogen-bond acceptors (Lipinski definition) is 5. The third-order valence-electron chi connectivity index (χ3n) is 3.42. The molecule has 1 unspecified atom stereocenters. The molecular formula is C11H17NO4S2. The van der Waals surface area contributed by atoms with Gasteiger partial charge in [0.05, 0.1) is 5.92 Å². The molecule has 2 rings (SSSR count). The Balaban J connectivity index is 0.000000471. The van der Waals surface area contributed by atoms with Gasteiger partial charge >= 0.3 is 1.43 Å². The van der Waals surface area contributed by atoms with Gasteiger partial charge in [-0.05, 0) is 44.5 Å². The summed E-state index contributed by atoms with van der Waals surface area (Å²) in [6.07, 6.45) is 3.79. The average molecular weight is 291 g/mol. The van der Waals surface area contributed by atoms with E-state index in [1.807, 2.05) is 0 Å². The Bertz CT molecular complexity index is 529. The molecule has 0 radical (unpaired) electrons. The van der Waals surface area contributed by atoms with Crippen molar-refractivity contribution in [1.82, 2.24) is 0 Å². The van der Waals surface area contributed by atoms with Gasteiger partial charge in [-0.3, -0.25) is 8.42 Å². The number of fused-ring (bicyclic) bond motifs is 1. The summed E-state index contributed by atoms with van der Waals surface area (Å²) >= 11 is 5.42. The van der Waals surface area contributed by atoms with Crippen LogP contribution in [0.3, 0.4) is 0 Å². The molecule has 0 spiro atoms. The number of allylic oxidation sites excluding steroid dienone is 1. The fourth-order valence-corrected chi connectivity index (χ4v) is 2.68. The molecule has 0 aromatic heterocycles. The maximum atomic E-state index is 8.52. The first-order valence-corrected chi connectivity index (χ1v) is 7.37. The van der Waals surface area contributed by atoms with Gasteiger partial charge in [0.15, 0.2) is 5.71 Å².